The van der Waals surface area contributed by atoms with E-state index in [0.717, 1.165) is 0 Å². The first-order chi connectivity index (χ1) is 12.1. The number of hydrogen-bond acceptors (Lipinski definition) is 6. The van der Waals surface area contributed by atoms with Crippen LogP contribution >= 0.6 is 0 Å². The minimum absolute atomic E-state index is 0.0616. The maximum absolute atomic E-state index is 12.5. The van der Waals surface area contributed by atoms with Crippen molar-refractivity contribution in [1.82, 2.24) is 0 Å². The Bertz CT molecular complexity index is 818. The molecule has 1 heterocycles. The zero-order valence-electron chi connectivity index (χ0n) is 14.5. The molecule has 1 amide bonds. The maximum Gasteiger partial charge on any atom is 0.433 e. The van der Waals surface area contributed by atoms with Crippen LogP contribution in [0.5, 0.6) is 0 Å². The van der Waals surface area contributed by atoms with Gasteiger partial charge in [-0.2, -0.15) is 0 Å². The topological polar surface area (TPSA) is 123 Å². The van der Waals surface area contributed by atoms with E-state index in [1.807, 2.05) is 0 Å². The zero-order valence-corrected chi connectivity index (χ0v) is 14.5. The first-order valence-electron chi connectivity index (χ1n) is 7.64. The van der Waals surface area contributed by atoms with Gasteiger partial charge in [-0.3, -0.25) is 15.0 Å². The molecule has 0 atom stereocenters. The Morgan fingerprint density at radius 2 is 1.81 bits per heavy atom. The number of carboxylic acids is 1. The van der Waals surface area contributed by atoms with Crippen LogP contribution in [0.3, 0.4) is 0 Å². The summed E-state index contributed by atoms with van der Waals surface area (Å²) in [6, 6.07) is 8.17. The molecule has 1 aromatic carbocycles. The summed E-state index contributed by atoms with van der Waals surface area (Å²) < 4.78 is 10.5. The predicted octanol–water partition coefficient (Wildman–Crippen LogP) is 3.83. The van der Waals surface area contributed by atoms with Gasteiger partial charge in [0.05, 0.1) is 18.2 Å². The molecule has 0 unspecified atom stereocenters. The number of carbonyl (C=O) groups is 2. The molecule has 2 aromatic rings. The van der Waals surface area contributed by atoms with Crippen LogP contribution in [0.2, 0.25) is 0 Å². The van der Waals surface area contributed by atoms with Gasteiger partial charge in [0.1, 0.15) is 16.3 Å². The molecule has 26 heavy (non-hydrogen) atoms. The Morgan fingerprint density at radius 1 is 1.19 bits per heavy atom. The second-order valence-electron chi connectivity index (χ2n) is 6.42. The number of hydrogen-bond donors (Lipinski definition) is 1. The molecule has 138 valence electrons. The van der Waals surface area contributed by atoms with Crippen LogP contribution in [0.25, 0.3) is 0 Å². The molecule has 0 aliphatic heterocycles. The van der Waals surface area contributed by atoms with Crippen LogP contribution in [-0.2, 0) is 11.3 Å². The lowest BCUT2D eigenvalue weighted by atomic mass is 10.2. The van der Waals surface area contributed by atoms with Gasteiger partial charge in [-0.1, -0.05) is 0 Å². The average Bonchev–Trinajstić information content (AvgIpc) is 3.00. The largest absolute Gasteiger partial charge is 0.478 e. The SMILES string of the molecule is CC(C)(C)OC(=O)N(Cc1ccc([N+](=O)[O-])o1)c1ccc(C(=O)O)cc1. The van der Waals surface area contributed by atoms with E-state index in [9.17, 15) is 19.7 Å². The normalized spacial score (nSPS) is 11.0. The van der Waals surface area contributed by atoms with Gasteiger partial charge in [-0.05, 0) is 51.1 Å². The minimum atomic E-state index is -1.10. The summed E-state index contributed by atoms with van der Waals surface area (Å²) >= 11 is 0. The smallest absolute Gasteiger partial charge is 0.433 e. The van der Waals surface area contributed by atoms with Gasteiger partial charge >= 0.3 is 17.9 Å². The van der Waals surface area contributed by atoms with Crippen molar-refractivity contribution < 1.29 is 28.8 Å². The van der Waals surface area contributed by atoms with E-state index in [4.69, 9.17) is 14.3 Å². The molecule has 0 radical (unpaired) electrons. The van der Waals surface area contributed by atoms with Crippen LogP contribution in [-0.4, -0.2) is 27.7 Å². The Labute approximate surface area is 148 Å². The fourth-order valence-corrected chi connectivity index (χ4v) is 2.07. The quantitative estimate of drug-likeness (QED) is 0.633. The van der Waals surface area contributed by atoms with E-state index < -0.39 is 28.5 Å². The highest BCUT2D eigenvalue weighted by molar-refractivity contribution is 5.91. The van der Waals surface area contributed by atoms with Crippen LogP contribution in [0.15, 0.2) is 40.8 Å². The number of aromatic carboxylic acids is 1. The summed E-state index contributed by atoms with van der Waals surface area (Å²) in [6.45, 7) is 4.99. The third-order valence-electron chi connectivity index (χ3n) is 3.18. The van der Waals surface area contributed by atoms with Crippen molar-refractivity contribution in [3.63, 3.8) is 0 Å². The van der Waals surface area contributed by atoms with Gasteiger partial charge in [0, 0.05) is 5.69 Å². The van der Waals surface area contributed by atoms with E-state index in [1.165, 1.54) is 41.3 Å². The minimum Gasteiger partial charge on any atom is -0.478 e. The van der Waals surface area contributed by atoms with Gasteiger partial charge in [0.25, 0.3) is 0 Å². The maximum atomic E-state index is 12.5. The zero-order chi connectivity index (χ0) is 19.5. The lowest BCUT2D eigenvalue weighted by Gasteiger charge is -2.27. The summed E-state index contributed by atoms with van der Waals surface area (Å²) in [6.07, 6.45) is -0.695. The Morgan fingerprint density at radius 3 is 2.27 bits per heavy atom. The third kappa shape index (κ3) is 4.82. The van der Waals surface area contributed by atoms with E-state index in [2.05, 4.69) is 0 Å². The van der Waals surface area contributed by atoms with Crippen LogP contribution in [0, 0.1) is 10.1 Å². The van der Waals surface area contributed by atoms with Gasteiger partial charge < -0.3 is 14.3 Å². The Balaban J connectivity index is 2.32. The summed E-state index contributed by atoms with van der Waals surface area (Å²) in [5.74, 6) is -1.35. The second kappa shape index (κ2) is 7.26. The molecule has 1 aromatic heterocycles. The molecule has 2 rings (SSSR count). The summed E-state index contributed by atoms with van der Waals surface area (Å²) in [7, 11) is 0. The molecule has 0 spiro atoms. The molecular formula is C17H18N2O7. The van der Waals surface area contributed by atoms with Gasteiger partial charge in [0.2, 0.25) is 0 Å². The highest BCUT2D eigenvalue weighted by Crippen LogP contribution is 2.24. The predicted molar refractivity (Wildman–Crippen MR) is 91.2 cm³/mol. The van der Waals surface area contributed by atoms with E-state index in [1.54, 1.807) is 20.8 Å². The van der Waals surface area contributed by atoms with Crippen molar-refractivity contribution in [3.8, 4) is 0 Å². The molecule has 0 bridgehead atoms. The molecule has 0 aliphatic rings. The van der Waals surface area contributed by atoms with Crippen molar-refractivity contribution in [2.24, 2.45) is 0 Å². The highest BCUT2D eigenvalue weighted by atomic mass is 16.6. The van der Waals surface area contributed by atoms with Crippen molar-refractivity contribution in [2.45, 2.75) is 32.9 Å². The number of anilines is 1. The van der Waals surface area contributed by atoms with Crippen molar-refractivity contribution in [1.29, 1.82) is 0 Å². The Hall–Kier alpha value is -3.36. The lowest BCUT2D eigenvalue weighted by molar-refractivity contribution is -0.402. The molecule has 0 fully saturated rings. The molecule has 9 heteroatoms. The molecule has 0 aliphatic carbocycles. The first kappa shape index (κ1) is 19.0. The van der Waals surface area contributed by atoms with E-state index >= 15 is 0 Å². The lowest BCUT2D eigenvalue weighted by Crippen LogP contribution is -2.36. The Kier molecular flexibility index (Phi) is 5.30. The molecule has 0 saturated carbocycles. The molecule has 1 N–H and O–H groups in total. The second-order valence-corrected chi connectivity index (χ2v) is 6.42. The van der Waals surface area contributed by atoms with E-state index in [0.29, 0.717) is 5.69 Å². The number of benzene rings is 1. The number of ether oxygens (including phenoxy) is 1. The summed E-state index contributed by atoms with van der Waals surface area (Å²) in [4.78, 5) is 34.8. The summed E-state index contributed by atoms with van der Waals surface area (Å²) in [5.41, 5.74) is -0.333. The van der Waals surface area contributed by atoms with Crippen LogP contribution < -0.4 is 4.90 Å². The monoisotopic (exact) mass is 362 g/mol. The van der Waals surface area contributed by atoms with Crippen LogP contribution in [0.1, 0.15) is 36.9 Å². The molecule has 9 nitrogen and oxygen atoms in total. The number of nitro groups is 1. The highest BCUT2D eigenvalue weighted by Gasteiger charge is 2.25. The summed E-state index contributed by atoms with van der Waals surface area (Å²) in [5, 5.41) is 19.7. The van der Waals surface area contributed by atoms with Gasteiger partial charge in [-0.15, -0.1) is 0 Å². The van der Waals surface area contributed by atoms with Crippen molar-refractivity contribution in [2.75, 3.05) is 4.90 Å². The van der Waals surface area contributed by atoms with Gasteiger partial charge in [-0.25, -0.2) is 9.59 Å². The fraction of sp³-hybridized carbons (Fsp3) is 0.294. The first-order valence-corrected chi connectivity index (χ1v) is 7.64. The standard InChI is InChI=1S/C17H18N2O7/c1-17(2,3)26-16(22)18(10-13-8-9-14(25-13)19(23)24)12-6-4-11(5-7-12)15(20)21/h4-9H,10H2,1-3H3,(H,20,21). The van der Waals surface area contributed by atoms with Crippen LogP contribution in [0.4, 0.5) is 16.4 Å². The number of furan rings is 1. The third-order valence-corrected chi connectivity index (χ3v) is 3.18. The number of carbonyl (C=O) groups excluding carboxylic acids is 1. The number of rotatable bonds is 5. The molecule has 0 saturated heterocycles. The number of amides is 1. The van der Waals surface area contributed by atoms with E-state index in [-0.39, 0.29) is 17.9 Å². The van der Waals surface area contributed by atoms with Gasteiger partial charge in [0.15, 0.2) is 0 Å². The number of nitrogens with zero attached hydrogens (tertiary/aromatic N) is 2. The fourth-order valence-electron chi connectivity index (χ4n) is 2.07. The average molecular weight is 362 g/mol. The number of carboxylic acid groups (broad SMARTS) is 1. The molecular weight excluding hydrogens is 344 g/mol. The van der Waals surface area contributed by atoms with Crippen molar-refractivity contribution in [3.05, 3.63) is 57.8 Å². The van der Waals surface area contributed by atoms with Crippen molar-refractivity contribution >= 4 is 23.6 Å².